The number of nitrogens with zero attached hydrogens (tertiary/aromatic N) is 1. The van der Waals surface area contributed by atoms with Crippen LogP contribution in [0.5, 0.6) is 5.75 Å². The number of phenols is 1. The Bertz CT molecular complexity index is 580. The maximum absolute atomic E-state index is 11.3. The van der Waals surface area contributed by atoms with E-state index < -0.39 is 5.91 Å². The highest BCUT2D eigenvalue weighted by Crippen LogP contribution is 2.21. The van der Waals surface area contributed by atoms with Crippen LogP contribution in [0.4, 0.5) is 5.69 Å². The van der Waals surface area contributed by atoms with Gasteiger partial charge in [0.2, 0.25) is 0 Å². The molecule has 2 rings (SSSR count). The SMILES string of the molecule is CN(Cc1ccc(C(=O)NN)o1)c1cccc(O)c1. The third kappa shape index (κ3) is 3.05. The monoisotopic (exact) mass is 261 g/mol. The van der Waals surface area contributed by atoms with Crippen LogP contribution >= 0.6 is 0 Å². The zero-order chi connectivity index (χ0) is 13.8. The van der Waals surface area contributed by atoms with Crippen molar-refractivity contribution in [3.8, 4) is 5.75 Å². The summed E-state index contributed by atoms with van der Waals surface area (Å²) >= 11 is 0. The van der Waals surface area contributed by atoms with Crippen LogP contribution < -0.4 is 16.2 Å². The number of nitrogens with one attached hydrogen (secondary N) is 1. The van der Waals surface area contributed by atoms with Crippen molar-refractivity contribution in [1.29, 1.82) is 0 Å². The first-order valence-corrected chi connectivity index (χ1v) is 5.70. The van der Waals surface area contributed by atoms with Gasteiger partial charge < -0.3 is 14.4 Å². The number of carbonyl (C=O) groups excluding carboxylic acids is 1. The summed E-state index contributed by atoms with van der Waals surface area (Å²) in [4.78, 5) is 13.1. The summed E-state index contributed by atoms with van der Waals surface area (Å²) in [6.45, 7) is 0.474. The molecule has 0 saturated heterocycles. The fourth-order valence-electron chi connectivity index (χ4n) is 1.71. The van der Waals surface area contributed by atoms with E-state index in [1.54, 1.807) is 30.3 Å². The lowest BCUT2D eigenvalue weighted by Crippen LogP contribution is -2.29. The molecule has 0 aliphatic carbocycles. The Hall–Kier alpha value is -2.47. The zero-order valence-electron chi connectivity index (χ0n) is 10.5. The van der Waals surface area contributed by atoms with E-state index in [4.69, 9.17) is 10.3 Å². The van der Waals surface area contributed by atoms with E-state index in [0.29, 0.717) is 12.3 Å². The Morgan fingerprint density at radius 1 is 1.42 bits per heavy atom. The van der Waals surface area contributed by atoms with E-state index in [2.05, 4.69) is 0 Å². The van der Waals surface area contributed by atoms with Gasteiger partial charge in [-0.05, 0) is 24.3 Å². The van der Waals surface area contributed by atoms with Crippen molar-refractivity contribution in [2.75, 3.05) is 11.9 Å². The van der Waals surface area contributed by atoms with Gasteiger partial charge in [0, 0.05) is 18.8 Å². The zero-order valence-corrected chi connectivity index (χ0v) is 10.5. The van der Waals surface area contributed by atoms with Crippen molar-refractivity contribution in [2.45, 2.75) is 6.54 Å². The lowest BCUT2D eigenvalue weighted by atomic mass is 10.2. The number of rotatable bonds is 4. The van der Waals surface area contributed by atoms with Crippen LogP contribution in [0.25, 0.3) is 0 Å². The van der Waals surface area contributed by atoms with Gasteiger partial charge >= 0.3 is 5.91 Å². The van der Waals surface area contributed by atoms with Crippen LogP contribution in [0.2, 0.25) is 0 Å². The van der Waals surface area contributed by atoms with E-state index in [1.807, 2.05) is 23.4 Å². The van der Waals surface area contributed by atoms with Gasteiger partial charge in [0.15, 0.2) is 5.76 Å². The smallest absolute Gasteiger partial charge is 0.300 e. The summed E-state index contributed by atoms with van der Waals surface area (Å²) in [7, 11) is 1.86. The second-order valence-electron chi connectivity index (χ2n) is 4.12. The van der Waals surface area contributed by atoms with Gasteiger partial charge in [0.25, 0.3) is 0 Å². The van der Waals surface area contributed by atoms with Gasteiger partial charge in [-0.2, -0.15) is 0 Å². The van der Waals surface area contributed by atoms with Crippen LogP contribution in [0.3, 0.4) is 0 Å². The molecule has 0 saturated carbocycles. The van der Waals surface area contributed by atoms with Crippen LogP contribution in [-0.4, -0.2) is 18.1 Å². The molecule has 2 aromatic rings. The number of phenolic OH excluding ortho intramolecular Hbond substituents is 1. The molecule has 1 heterocycles. The molecule has 6 heteroatoms. The summed E-state index contributed by atoms with van der Waals surface area (Å²) in [5.74, 6) is 5.56. The van der Waals surface area contributed by atoms with E-state index >= 15 is 0 Å². The van der Waals surface area contributed by atoms with Gasteiger partial charge in [-0.25, -0.2) is 5.84 Å². The summed E-state index contributed by atoms with van der Waals surface area (Å²) in [5, 5.41) is 9.42. The average Bonchev–Trinajstić information content (AvgIpc) is 2.86. The summed E-state index contributed by atoms with van der Waals surface area (Å²) < 4.78 is 5.36. The maximum atomic E-state index is 11.3. The standard InChI is InChI=1S/C13H15N3O3/c1-16(9-3-2-4-10(17)7-9)8-11-5-6-12(19-11)13(18)15-14/h2-7,17H,8,14H2,1H3,(H,15,18). The number of carbonyl (C=O) groups is 1. The topological polar surface area (TPSA) is 91.7 Å². The highest BCUT2D eigenvalue weighted by Gasteiger charge is 2.11. The second kappa shape index (κ2) is 5.45. The highest BCUT2D eigenvalue weighted by molar-refractivity contribution is 5.90. The van der Waals surface area contributed by atoms with Crippen LogP contribution in [0, 0.1) is 0 Å². The van der Waals surface area contributed by atoms with E-state index in [0.717, 1.165) is 5.69 Å². The molecule has 4 N–H and O–H groups in total. The molecule has 0 unspecified atom stereocenters. The molecule has 0 fully saturated rings. The third-order valence-electron chi connectivity index (χ3n) is 2.68. The highest BCUT2D eigenvalue weighted by atomic mass is 16.4. The number of hydrogen-bond acceptors (Lipinski definition) is 5. The van der Waals surface area contributed by atoms with E-state index in [-0.39, 0.29) is 11.5 Å². The van der Waals surface area contributed by atoms with E-state index in [9.17, 15) is 9.90 Å². The predicted molar refractivity (Wildman–Crippen MR) is 70.6 cm³/mol. The van der Waals surface area contributed by atoms with Crippen molar-refractivity contribution >= 4 is 11.6 Å². The number of nitrogens with two attached hydrogens (primary N) is 1. The van der Waals surface area contributed by atoms with E-state index in [1.165, 1.54) is 0 Å². The number of aromatic hydroxyl groups is 1. The van der Waals surface area contributed by atoms with Crippen molar-refractivity contribution in [3.05, 3.63) is 47.9 Å². The number of benzene rings is 1. The van der Waals surface area contributed by atoms with Gasteiger partial charge in [-0.1, -0.05) is 6.07 Å². The molecular weight excluding hydrogens is 246 g/mol. The first-order valence-electron chi connectivity index (χ1n) is 5.70. The fraction of sp³-hybridized carbons (Fsp3) is 0.154. The number of anilines is 1. The molecule has 1 amide bonds. The molecule has 0 aliphatic rings. The normalized spacial score (nSPS) is 10.2. The number of furan rings is 1. The lowest BCUT2D eigenvalue weighted by molar-refractivity contribution is 0.0924. The quantitative estimate of drug-likeness (QED) is 0.437. The van der Waals surface area contributed by atoms with Crippen molar-refractivity contribution < 1.29 is 14.3 Å². The molecule has 100 valence electrons. The molecule has 6 nitrogen and oxygen atoms in total. The third-order valence-corrected chi connectivity index (χ3v) is 2.68. The van der Waals surface area contributed by atoms with Crippen molar-refractivity contribution in [1.82, 2.24) is 5.43 Å². The summed E-state index contributed by atoms with van der Waals surface area (Å²) in [5.41, 5.74) is 2.86. The molecule has 0 aliphatic heterocycles. The second-order valence-corrected chi connectivity index (χ2v) is 4.12. The predicted octanol–water partition coefficient (Wildman–Crippen LogP) is 1.23. The van der Waals surface area contributed by atoms with Crippen LogP contribution in [-0.2, 0) is 6.54 Å². The van der Waals surface area contributed by atoms with Gasteiger partial charge in [-0.15, -0.1) is 0 Å². The van der Waals surface area contributed by atoms with Crippen molar-refractivity contribution in [3.63, 3.8) is 0 Å². The molecule has 0 atom stereocenters. The first-order chi connectivity index (χ1) is 9.10. The van der Waals surface area contributed by atoms with Crippen molar-refractivity contribution in [2.24, 2.45) is 5.84 Å². The maximum Gasteiger partial charge on any atom is 0.300 e. The summed E-state index contributed by atoms with van der Waals surface area (Å²) in [6.07, 6.45) is 0. The average molecular weight is 261 g/mol. The van der Waals surface area contributed by atoms with Crippen LogP contribution in [0.15, 0.2) is 40.8 Å². The molecule has 0 radical (unpaired) electrons. The number of hydrogen-bond donors (Lipinski definition) is 3. The molecule has 0 bridgehead atoms. The minimum Gasteiger partial charge on any atom is -0.508 e. The van der Waals surface area contributed by atoms with Crippen LogP contribution in [0.1, 0.15) is 16.3 Å². The Kier molecular flexibility index (Phi) is 3.72. The Labute approximate surface area is 110 Å². The fourth-order valence-corrected chi connectivity index (χ4v) is 1.71. The number of hydrazine groups is 1. The molecule has 19 heavy (non-hydrogen) atoms. The molecule has 1 aromatic carbocycles. The van der Waals surface area contributed by atoms with Gasteiger partial charge in [0.05, 0.1) is 6.54 Å². The Morgan fingerprint density at radius 3 is 2.89 bits per heavy atom. The van der Waals surface area contributed by atoms with Gasteiger partial charge in [-0.3, -0.25) is 10.2 Å². The first kappa shape index (κ1) is 13.0. The van der Waals surface area contributed by atoms with Gasteiger partial charge in [0.1, 0.15) is 11.5 Å². The Balaban J connectivity index is 2.08. The number of nitrogen functional groups attached to an aromatic ring is 1. The Morgan fingerprint density at radius 2 is 2.21 bits per heavy atom. The largest absolute Gasteiger partial charge is 0.508 e. The minimum atomic E-state index is -0.466. The summed E-state index contributed by atoms with van der Waals surface area (Å²) in [6, 6.07) is 10.2. The number of amides is 1. The molecular formula is C13H15N3O3. The minimum absolute atomic E-state index is 0.168. The molecule has 0 spiro atoms. The molecule has 1 aromatic heterocycles. The lowest BCUT2D eigenvalue weighted by Gasteiger charge is -2.17.